The van der Waals surface area contributed by atoms with Gasteiger partial charge in [0.05, 0.1) is 12.6 Å². The van der Waals surface area contributed by atoms with Crippen LogP contribution in [0.1, 0.15) is 24.2 Å². The molecular weight excluding hydrogens is 281 g/mol. The van der Waals surface area contributed by atoms with Gasteiger partial charge in [0.25, 0.3) is 0 Å². The van der Waals surface area contributed by atoms with Crippen LogP contribution in [0, 0.1) is 0 Å². The maximum atomic E-state index is 6.21. The molecule has 1 aromatic carbocycles. The average molecular weight is 297 g/mol. The van der Waals surface area contributed by atoms with Gasteiger partial charge in [0.15, 0.2) is 5.82 Å². The Hall–Kier alpha value is -1.03. The fraction of sp³-hybridized carbons (Fsp3) is 0.357. The standard InChI is InChI=1S/C14H15Cl2N3/c15-11-2-1-10(13(16)7-11)9-19-6-5-17-14(19)8-18-12-3-4-12/h1-2,5-7,12,18H,3-4,8-9H2/p+1. The van der Waals surface area contributed by atoms with Gasteiger partial charge in [-0.25, -0.2) is 4.98 Å². The molecule has 1 aliphatic carbocycles. The van der Waals surface area contributed by atoms with Gasteiger partial charge in [0, 0.05) is 35.3 Å². The normalized spacial score (nSPS) is 14.8. The predicted octanol–water partition coefficient (Wildman–Crippen LogP) is 2.46. The monoisotopic (exact) mass is 296 g/mol. The first-order chi connectivity index (χ1) is 9.22. The molecule has 100 valence electrons. The number of aromatic nitrogens is 2. The smallest absolute Gasteiger partial charge is 0.164 e. The van der Waals surface area contributed by atoms with Crippen molar-refractivity contribution in [3.05, 3.63) is 52.0 Å². The van der Waals surface area contributed by atoms with Gasteiger partial charge in [0.2, 0.25) is 0 Å². The van der Waals surface area contributed by atoms with E-state index in [4.69, 9.17) is 23.2 Å². The minimum atomic E-state index is 0.668. The molecule has 1 aliphatic rings. The van der Waals surface area contributed by atoms with Gasteiger partial charge in [-0.3, -0.25) is 0 Å². The lowest BCUT2D eigenvalue weighted by Gasteiger charge is -2.09. The fourth-order valence-corrected chi connectivity index (χ4v) is 2.58. The highest BCUT2D eigenvalue weighted by atomic mass is 35.5. The second kappa shape index (κ2) is 5.53. The van der Waals surface area contributed by atoms with Crippen molar-refractivity contribution >= 4 is 23.2 Å². The molecule has 2 aromatic rings. The van der Waals surface area contributed by atoms with Crippen molar-refractivity contribution in [1.29, 1.82) is 0 Å². The largest absolute Gasteiger partial charge is 0.338 e. The number of imidazole rings is 1. The lowest BCUT2D eigenvalue weighted by Crippen LogP contribution is -2.84. The summed E-state index contributed by atoms with van der Waals surface area (Å²) in [6.07, 6.45) is 6.52. The van der Waals surface area contributed by atoms with Crippen LogP contribution in [0.3, 0.4) is 0 Å². The first-order valence-electron chi connectivity index (χ1n) is 6.49. The van der Waals surface area contributed by atoms with Crippen LogP contribution < -0.4 is 5.32 Å². The van der Waals surface area contributed by atoms with Gasteiger partial charge in [0.1, 0.15) is 6.54 Å². The van der Waals surface area contributed by atoms with Crippen LogP contribution >= 0.6 is 23.2 Å². The molecule has 0 atom stereocenters. The van der Waals surface area contributed by atoms with Crippen molar-refractivity contribution in [2.24, 2.45) is 0 Å². The zero-order valence-electron chi connectivity index (χ0n) is 10.5. The first kappa shape index (κ1) is 13.0. The van der Waals surface area contributed by atoms with E-state index in [2.05, 4.69) is 14.9 Å². The third-order valence-corrected chi connectivity index (χ3v) is 4.00. The summed E-state index contributed by atoms with van der Waals surface area (Å²) in [5, 5.41) is 3.74. The summed E-state index contributed by atoms with van der Waals surface area (Å²) in [4.78, 5) is 4.42. The van der Waals surface area contributed by atoms with Gasteiger partial charge in [-0.1, -0.05) is 29.3 Å². The van der Waals surface area contributed by atoms with Crippen LogP contribution in [0.25, 0.3) is 0 Å². The van der Waals surface area contributed by atoms with Crippen LogP contribution in [0.2, 0.25) is 10.0 Å². The van der Waals surface area contributed by atoms with Crippen molar-refractivity contribution in [2.75, 3.05) is 0 Å². The second-order valence-corrected chi connectivity index (χ2v) is 5.83. The summed E-state index contributed by atoms with van der Waals surface area (Å²) < 4.78 is 2.15. The Morgan fingerprint density at radius 1 is 1.32 bits per heavy atom. The molecule has 19 heavy (non-hydrogen) atoms. The van der Waals surface area contributed by atoms with Crippen molar-refractivity contribution in [1.82, 2.24) is 9.55 Å². The fourth-order valence-electron chi connectivity index (χ4n) is 2.11. The topological polar surface area (TPSA) is 34.4 Å². The van der Waals surface area contributed by atoms with E-state index in [0.717, 1.165) is 30.5 Å². The number of nitrogens with two attached hydrogens (primary N) is 1. The van der Waals surface area contributed by atoms with Gasteiger partial charge >= 0.3 is 0 Å². The molecule has 3 nitrogen and oxygen atoms in total. The zero-order valence-corrected chi connectivity index (χ0v) is 12.0. The highest BCUT2D eigenvalue weighted by Gasteiger charge is 2.25. The summed E-state index contributed by atoms with van der Waals surface area (Å²) in [6.45, 7) is 1.67. The molecule has 0 bridgehead atoms. The summed E-state index contributed by atoms with van der Waals surface area (Å²) in [5.41, 5.74) is 1.07. The molecule has 2 N–H and O–H groups in total. The Kier molecular flexibility index (Phi) is 3.78. The average Bonchev–Trinajstić information content (AvgIpc) is 3.11. The van der Waals surface area contributed by atoms with E-state index in [1.54, 1.807) is 6.07 Å². The van der Waals surface area contributed by atoms with Gasteiger partial charge in [-0.05, 0) is 17.7 Å². The molecule has 0 aliphatic heterocycles. The Bertz CT molecular complexity index is 576. The number of rotatable bonds is 5. The summed E-state index contributed by atoms with van der Waals surface area (Å²) >= 11 is 12.1. The molecule has 5 heteroatoms. The highest BCUT2D eigenvalue weighted by Crippen LogP contribution is 2.22. The summed E-state index contributed by atoms with van der Waals surface area (Å²) in [6, 6.07) is 6.43. The molecule has 0 amide bonds. The Balaban J connectivity index is 1.73. The van der Waals surface area contributed by atoms with Crippen LogP contribution in [-0.2, 0) is 13.1 Å². The van der Waals surface area contributed by atoms with Gasteiger partial charge < -0.3 is 9.88 Å². The minimum Gasteiger partial charge on any atom is -0.338 e. The van der Waals surface area contributed by atoms with E-state index in [9.17, 15) is 0 Å². The number of hydrogen-bond acceptors (Lipinski definition) is 1. The van der Waals surface area contributed by atoms with E-state index < -0.39 is 0 Å². The molecule has 1 saturated carbocycles. The number of benzene rings is 1. The molecule has 0 unspecified atom stereocenters. The summed E-state index contributed by atoms with van der Waals surface area (Å²) in [5.74, 6) is 1.10. The van der Waals surface area contributed by atoms with Crippen LogP contribution in [0.5, 0.6) is 0 Å². The van der Waals surface area contributed by atoms with Crippen molar-refractivity contribution < 1.29 is 5.32 Å². The van der Waals surface area contributed by atoms with Gasteiger partial charge in [-0.2, -0.15) is 0 Å². The SMILES string of the molecule is Clc1ccc(Cn2ccnc2C[NH2+]C2CC2)c(Cl)c1. The highest BCUT2D eigenvalue weighted by molar-refractivity contribution is 6.35. The van der Waals surface area contributed by atoms with Crippen LogP contribution in [0.15, 0.2) is 30.6 Å². The quantitative estimate of drug-likeness (QED) is 0.904. The third-order valence-electron chi connectivity index (χ3n) is 3.41. The maximum absolute atomic E-state index is 6.21. The lowest BCUT2D eigenvalue weighted by atomic mass is 10.2. The Morgan fingerprint density at radius 3 is 2.89 bits per heavy atom. The van der Waals surface area contributed by atoms with Crippen LogP contribution in [0.4, 0.5) is 0 Å². The molecule has 0 spiro atoms. The molecule has 3 rings (SSSR count). The number of nitrogens with zero attached hydrogens (tertiary/aromatic N) is 2. The number of quaternary nitrogens is 1. The zero-order chi connectivity index (χ0) is 13.2. The lowest BCUT2D eigenvalue weighted by molar-refractivity contribution is -0.685. The van der Waals surface area contributed by atoms with Crippen molar-refractivity contribution in [3.63, 3.8) is 0 Å². The Labute approximate surface area is 122 Å². The van der Waals surface area contributed by atoms with E-state index in [1.165, 1.54) is 12.8 Å². The third kappa shape index (κ3) is 3.30. The number of hydrogen-bond donors (Lipinski definition) is 1. The van der Waals surface area contributed by atoms with E-state index >= 15 is 0 Å². The summed E-state index contributed by atoms with van der Waals surface area (Å²) in [7, 11) is 0. The molecule has 1 aromatic heterocycles. The van der Waals surface area contributed by atoms with Crippen molar-refractivity contribution in [2.45, 2.75) is 32.0 Å². The van der Waals surface area contributed by atoms with Crippen LogP contribution in [-0.4, -0.2) is 15.6 Å². The maximum Gasteiger partial charge on any atom is 0.164 e. The van der Waals surface area contributed by atoms with E-state index in [0.29, 0.717) is 10.0 Å². The molecule has 0 radical (unpaired) electrons. The molecule has 0 saturated heterocycles. The molecular formula is C14H16Cl2N3+. The predicted molar refractivity (Wildman–Crippen MR) is 76.4 cm³/mol. The molecule has 1 fully saturated rings. The van der Waals surface area contributed by atoms with E-state index in [1.807, 2.05) is 24.5 Å². The van der Waals surface area contributed by atoms with Gasteiger partial charge in [-0.15, -0.1) is 0 Å². The Morgan fingerprint density at radius 2 is 2.16 bits per heavy atom. The number of halogens is 2. The first-order valence-corrected chi connectivity index (χ1v) is 7.25. The molecule has 1 heterocycles. The minimum absolute atomic E-state index is 0.668. The second-order valence-electron chi connectivity index (χ2n) is 4.98. The van der Waals surface area contributed by atoms with E-state index in [-0.39, 0.29) is 0 Å². The van der Waals surface area contributed by atoms with Crippen molar-refractivity contribution in [3.8, 4) is 0 Å².